The van der Waals surface area contributed by atoms with Gasteiger partial charge in [-0.3, -0.25) is 9.45 Å². The van der Waals surface area contributed by atoms with Crippen LogP contribution >= 0.6 is 0 Å². The van der Waals surface area contributed by atoms with Gasteiger partial charge in [0.2, 0.25) is 11.9 Å². The average Bonchev–Trinajstić information content (AvgIpc) is 2.48. The van der Waals surface area contributed by atoms with Gasteiger partial charge in [-0.05, 0) is 43.9 Å². The fraction of sp³-hybridized carbons (Fsp3) is 0.429. The van der Waals surface area contributed by atoms with E-state index in [0.29, 0.717) is 12.8 Å². The highest BCUT2D eigenvalue weighted by molar-refractivity contribution is 7.85. The minimum absolute atomic E-state index is 0.0205. The number of hydrogen-bond acceptors (Lipinski definition) is 8. The Morgan fingerprint density at radius 1 is 1.17 bits per heavy atom. The molecule has 0 aromatic heterocycles. The highest BCUT2D eigenvalue weighted by atomic mass is 32.2. The van der Waals surface area contributed by atoms with Crippen molar-refractivity contribution in [3.8, 4) is 5.75 Å². The Bertz CT molecular complexity index is 828. The Kier molecular flexibility index (Phi) is 3.88. The lowest BCUT2D eigenvalue weighted by molar-refractivity contribution is 0.303. The maximum Gasteiger partial charge on any atom is 0.294 e. The normalized spacial score (nSPS) is 20.6. The predicted molar refractivity (Wildman–Crippen MR) is 89.5 cm³/mol. The van der Waals surface area contributed by atoms with E-state index in [-0.39, 0.29) is 28.3 Å². The molecule has 0 saturated heterocycles. The number of aromatic hydroxyl groups is 1. The maximum absolute atomic E-state index is 11.4. The molecule has 0 unspecified atom stereocenters. The standard InChI is InChI=1S/C14H19N5O4S/c15-12-17-13(16)19(14(18-12)6-2-1-3-7-14)10-8-9(24(21,22)23)4-5-11(10)20/h4-5,8,20H,1-3,6-7H2,(H,21,22,23)(H4,15,16,17,18). The molecule has 10 heteroatoms. The maximum atomic E-state index is 11.4. The number of nitrogens with two attached hydrogens (primary N) is 2. The lowest BCUT2D eigenvalue weighted by Crippen LogP contribution is -2.58. The van der Waals surface area contributed by atoms with Crippen LogP contribution in [0.15, 0.2) is 33.1 Å². The molecule has 2 aliphatic rings. The number of hydrogen-bond donors (Lipinski definition) is 4. The van der Waals surface area contributed by atoms with Crippen LogP contribution in [0.25, 0.3) is 0 Å². The smallest absolute Gasteiger partial charge is 0.294 e. The number of aliphatic imine (C=N–C) groups is 2. The van der Waals surface area contributed by atoms with E-state index in [4.69, 9.17) is 11.5 Å². The second-order valence-corrected chi connectivity index (χ2v) is 7.37. The molecule has 0 atom stereocenters. The number of guanidine groups is 2. The topological polar surface area (TPSA) is 155 Å². The summed E-state index contributed by atoms with van der Waals surface area (Å²) >= 11 is 0. The Balaban J connectivity index is 2.17. The zero-order chi connectivity index (χ0) is 17.5. The van der Waals surface area contributed by atoms with Crippen LogP contribution in [0.5, 0.6) is 5.75 Å². The van der Waals surface area contributed by atoms with Crippen molar-refractivity contribution in [3.05, 3.63) is 18.2 Å². The van der Waals surface area contributed by atoms with Crippen molar-refractivity contribution in [1.29, 1.82) is 0 Å². The van der Waals surface area contributed by atoms with Gasteiger partial charge in [-0.15, -0.1) is 0 Å². The van der Waals surface area contributed by atoms with Crippen LogP contribution in [0, 0.1) is 0 Å². The lowest BCUT2D eigenvalue weighted by Gasteiger charge is -2.45. The molecule has 3 rings (SSSR count). The van der Waals surface area contributed by atoms with Gasteiger partial charge in [0, 0.05) is 0 Å². The van der Waals surface area contributed by atoms with Crippen molar-refractivity contribution in [1.82, 2.24) is 0 Å². The lowest BCUT2D eigenvalue weighted by atomic mass is 9.87. The summed E-state index contributed by atoms with van der Waals surface area (Å²) in [6.45, 7) is 0. The van der Waals surface area contributed by atoms with Gasteiger partial charge in [-0.1, -0.05) is 6.42 Å². The molecule has 1 aromatic carbocycles. The number of benzene rings is 1. The van der Waals surface area contributed by atoms with Crippen molar-refractivity contribution in [3.63, 3.8) is 0 Å². The third-order valence-electron chi connectivity index (χ3n) is 4.34. The monoisotopic (exact) mass is 353 g/mol. The molecule has 24 heavy (non-hydrogen) atoms. The summed E-state index contributed by atoms with van der Waals surface area (Å²) in [6, 6.07) is 3.45. The average molecular weight is 353 g/mol. The minimum Gasteiger partial charge on any atom is -0.506 e. The largest absolute Gasteiger partial charge is 0.506 e. The molecular weight excluding hydrogens is 334 g/mol. The summed E-state index contributed by atoms with van der Waals surface area (Å²) in [5.74, 6) is -0.121. The summed E-state index contributed by atoms with van der Waals surface area (Å²) in [5, 5.41) is 10.2. The molecule has 1 saturated carbocycles. The molecule has 1 spiro atoms. The molecule has 1 aromatic rings. The Labute approximate surface area is 139 Å². The summed E-state index contributed by atoms with van der Waals surface area (Å²) in [4.78, 5) is 9.55. The van der Waals surface area contributed by atoms with Gasteiger partial charge in [0.05, 0.1) is 10.6 Å². The van der Waals surface area contributed by atoms with E-state index < -0.39 is 15.8 Å². The van der Waals surface area contributed by atoms with E-state index in [0.717, 1.165) is 31.4 Å². The van der Waals surface area contributed by atoms with Crippen LogP contribution in [0.3, 0.4) is 0 Å². The van der Waals surface area contributed by atoms with Crippen molar-refractivity contribution in [2.45, 2.75) is 42.7 Å². The van der Waals surface area contributed by atoms with Crippen molar-refractivity contribution in [2.24, 2.45) is 21.5 Å². The zero-order valence-corrected chi connectivity index (χ0v) is 13.7. The molecule has 1 heterocycles. The highest BCUT2D eigenvalue weighted by Gasteiger charge is 2.43. The van der Waals surface area contributed by atoms with Gasteiger partial charge >= 0.3 is 0 Å². The van der Waals surface area contributed by atoms with Gasteiger partial charge < -0.3 is 16.6 Å². The number of nitrogens with zero attached hydrogens (tertiary/aromatic N) is 3. The molecule has 0 radical (unpaired) electrons. The molecule has 1 aliphatic heterocycles. The van der Waals surface area contributed by atoms with Gasteiger partial charge in [-0.2, -0.15) is 13.4 Å². The first-order chi connectivity index (χ1) is 11.2. The molecule has 1 fully saturated rings. The number of phenolic OH excluding ortho intramolecular Hbond substituents is 1. The van der Waals surface area contributed by atoms with Crippen LogP contribution in [0.4, 0.5) is 5.69 Å². The number of phenols is 1. The number of anilines is 1. The summed E-state index contributed by atoms with van der Waals surface area (Å²) in [7, 11) is -4.43. The quantitative estimate of drug-likeness (QED) is 0.572. The SMILES string of the molecule is NC1=NC2(CCCCC2)N(c2cc(S(=O)(=O)O)ccc2O)C(N)=N1. The van der Waals surface area contributed by atoms with E-state index in [2.05, 4.69) is 9.98 Å². The molecule has 0 amide bonds. The summed E-state index contributed by atoms with van der Waals surface area (Å²) in [5.41, 5.74) is 11.1. The Morgan fingerprint density at radius 3 is 2.46 bits per heavy atom. The fourth-order valence-electron chi connectivity index (χ4n) is 3.31. The van der Waals surface area contributed by atoms with Crippen LogP contribution in [-0.4, -0.2) is 35.7 Å². The van der Waals surface area contributed by atoms with E-state index in [1.165, 1.54) is 11.0 Å². The Hall–Kier alpha value is -2.33. The first-order valence-corrected chi connectivity index (χ1v) is 8.97. The van der Waals surface area contributed by atoms with E-state index in [1.807, 2.05) is 0 Å². The van der Waals surface area contributed by atoms with Crippen LogP contribution in [0.1, 0.15) is 32.1 Å². The van der Waals surface area contributed by atoms with Crippen LogP contribution in [-0.2, 0) is 10.1 Å². The second kappa shape index (κ2) is 5.64. The van der Waals surface area contributed by atoms with Crippen LogP contribution in [0.2, 0.25) is 0 Å². The predicted octanol–water partition coefficient (Wildman–Crippen LogP) is 0.749. The van der Waals surface area contributed by atoms with Crippen molar-refractivity contribution in [2.75, 3.05) is 4.90 Å². The highest BCUT2D eigenvalue weighted by Crippen LogP contribution is 2.42. The third kappa shape index (κ3) is 2.78. The molecule has 1 aliphatic carbocycles. The molecule has 0 bridgehead atoms. The number of rotatable bonds is 2. The van der Waals surface area contributed by atoms with Crippen molar-refractivity contribution >= 4 is 27.7 Å². The molecule has 9 nitrogen and oxygen atoms in total. The van der Waals surface area contributed by atoms with Gasteiger partial charge in [0.25, 0.3) is 10.1 Å². The van der Waals surface area contributed by atoms with Gasteiger partial charge in [0.15, 0.2) is 0 Å². The first-order valence-electron chi connectivity index (χ1n) is 7.53. The summed E-state index contributed by atoms with van der Waals surface area (Å²) in [6.07, 6.45) is 4.09. The Morgan fingerprint density at radius 2 is 1.83 bits per heavy atom. The van der Waals surface area contributed by atoms with E-state index >= 15 is 0 Å². The second-order valence-electron chi connectivity index (χ2n) is 5.94. The molecule has 130 valence electrons. The van der Waals surface area contributed by atoms with E-state index in [1.54, 1.807) is 0 Å². The molecular formula is C14H19N5O4S. The molecule has 6 N–H and O–H groups in total. The summed E-state index contributed by atoms with van der Waals surface area (Å²) < 4.78 is 32.1. The minimum atomic E-state index is -4.43. The zero-order valence-electron chi connectivity index (χ0n) is 12.9. The fourth-order valence-corrected chi connectivity index (χ4v) is 3.81. The van der Waals surface area contributed by atoms with Gasteiger partial charge in [-0.25, -0.2) is 4.99 Å². The van der Waals surface area contributed by atoms with Crippen LogP contribution < -0.4 is 16.4 Å². The first kappa shape index (κ1) is 16.5. The third-order valence-corrected chi connectivity index (χ3v) is 5.19. The van der Waals surface area contributed by atoms with Gasteiger partial charge in [0.1, 0.15) is 11.4 Å². The van der Waals surface area contributed by atoms with Crippen molar-refractivity contribution < 1.29 is 18.1 Å². The van der Waals surface area contributed by atoms with E-state index in [9.17, 15) is 18.1 Å².